The second-order valence-electron chi connectivity index (χ2n) is 6.52. The zero-order chi connectivity index (χ0) is 21.6. The van der Waals surface area contributed by atoms with Crippen LogP contribution in [0.1, 0.15) is 19.8 Å². The highest BCUT2D eigenvalue weighted by Crippen LogP contribution is 2.34. The Labute approximate surface area is 181 Å². The first-order valence-corrected chi connectivity index (χ1v) is 11.4. The summed E-state index contributed by atoms with van der Waals surface area (Å²) in [5.74, 6) is 0.926. The first-order valence-electron chi connectivity index (χ1n) is 9.50. The molecule has 3 rings (SSSR count). The van der Waals surface area contributed by atoms with Gasteiger partial charge in [-0.25, -0.2) is 13.4 Å². The van der Waals surface area contributed by atoms with Gasteiger partial charge in [0.05, 0.1) is 35.0 Å². The fourth-order valence-corrected chi connectivity index (χ4v) is 4.11. The Morgan fingerprint density at radius 2 is 1.83 bits per heavy atom. The van der Waals surface area contributed by atoms with Gasteiger partial charge in [-0.05, 0) is 42.8 Å². The summed E-state index contributed by atoms with van der Waals surface area (Å²) in [6, 6.07) is 16.6. The highest BCUT2D eigenvalue weighted by molar-refractivity contribution is 7.92. The van der Waals surface area contributed by atoms with Gasteiger partial charge in [-0.3, -0.25) is 4.72 Å². The van der Waals surface area contributed by atoms with E-state index >= 15 is 0 Å². The topological polar surface area (TPSA) is 77.5 Å². The summed E-state index contributed by atoms with van der Waals surface area (Å²) in [4.78, 5) is 4.70. The van der Waals surface area contributed by atoms with Crippen LogP contribution in [0.4, 0.5) is 5.69 Å². The SMILES string of the molecule is CCCCOc1ccc(NS(=O)(=O)c2ccccc2)c(-c2ccc(OC)c(Cl)c2)n1. The van der Waals surface area contributed by atoms with Crippen LogP contribution in [0.3, 0.4) is 0 Å². The predicted octanol–water partition coefficient (Wildman–Crippen LogP) is 5.39. The Morgan fingerprint density at radius 1 is 1.07 bits per heavy atom. The molecule has 0 amide bonds. The summed E-state index contributed by atoms with van der Waals surface area (Å²) in [6.45, 7) is 2.60. The molecule has 158 valence electrons. The van der Waals surface area contributed by atoms with Gasteiger partial charge >= 0.3 is 0 Å². The van der Waals surface area contributed by atoms with E-state index in [2.05, 4.69) is 16.6 Å². The molecule has 6 nitrogen and oxygen atoms in total. The maximum absolute atomic E-state index is 12.8. The lowest BCUT2D eigenvalue weighted by Gasteiger charge is -2.15. The lowest BCUT2D eigenvalue weighted by Crippen LogP contribution is -2.14. The monoisotopic (exact) mass is 446 g/mol. The van der Waals surface area contributed by atoms with Gasteiger partial charge < -0.3 is 9.47 Å². The van der Waals surface area contributed by atoms with E-state index in [1.807, 2.05) is 0 Å². The second-order valence-corrected chi connectivity index (χ2v) is 8.61. The molecule has 8 heteroatoms. The van der Waals surface area contributed by atoms with Crippen molar-refractivity contribution in [1.29, 1.82) is 0 Å². The number of rotatable bonds is 9. The van der Waals surface area contributed by atoms with E-state index in [0.717, 1.165) is 12.8 Å². The first-order chi connectivity index (χ1) is 14.4. The van der Waals surface area contributed by atoms with Crippen LogP contribution < -0.4 is 14.2 Å². The summed E-state index contributed by atoms with van der Waals surface area (Å²) >= 11 is 6.28. The summed E-state index contributed by atoms with van der Waals surface area (Å²) < 4.78 is 39.2. The third kappa shape index (κ3) is 5.23. The maximum atomic E-state index is 12.8. The maximum Gasteiger partial charge on any atom is 0.261 e. The molecule has 0 unspecified atom stereocenters. The number of methoxy groups -OCH3 is 1. The van der Waals surface area contributed by atoms with Crippen molar-refractivity contribution in [1.82, 2.24) is 4.98 Å². The van der Waals surface area contributed by atoms with Gasteiger partial charge in [0.1, 0.15) is 5.75 Å². The largest absolute Gasteiger partial charge is 0.495 e. The molecule has 3 aromatic rings. The van der Waals surface area contributed by atoms with E-state index < -0.39 is 10.0 Å². The summed E-state index contributed by atoms with van der Waals surface area (Å²) in [7, 11) is -2.26. The van der Waals surface area contributed by atoms with Crippen molar-refractivity contribution in [3.8, 4) is 22.9 Å². The number of hydrogen-bond acceptors (Lipinski definition) is 5. The minimum Gasteiger partial charge on any atom is -0.495 e. The standard InChI is InChI=1S/C22H23ClN2O4S/c1-3-4-14-29-21-13-11-19(25-30(26,27)17-8-6-5-7-9-17)22(24-21)16-10-12-20(28-2)18(23)15-16/h5-13,15,25H,3-4,14H2,1-2H3. The molecule has 0 aliphatic rings. The van der Waals surface area contributed by atoms with Crippen LogP contribution in [0.5, 0.6) is 11.6 Å². The van der Waals surface area contributed by atoms with E-state index in [1.54, 1.807) is 48.5 Å². The van der Waals surface area contributed by atoms with Crippen LogP contribution in [0.15, 0.2) is 65.6 Å². The fourth-order valence-electron chi connectivity index (χ4n) is 2.76. The second kappa shape index (κ2) is 9.82. The van der Waals surface area contributed by atoms with Crippen LogP contribution in [0.2, 0.25) is 5.02 Å². The van der Waals surface area contributed by atoms with Crippen LogP contribution in [-0.4, -0.2) is 27.1 Å². The number of nitrogens with zero attached hydrogens (tertiary/aromatic N) is 1. The molecule has 0 aliphatic carbocycles. The Morgan fingerprint density at radius 3 is 2.50 bits per heavy atom. The molecule has 0 aliphatic heterocycles. The molecule has 0 fully saturated rings. The van der Waals surface area contributed by atoms with E-state index in [0.29, 0.717) is 40.2 Å². The summed E-state index contributed by atoms with van der Waals surface area (Å²) in [6.07, 6.45) is 1.89. The Balaban J connectivity index is 2.02. The molecule has 0 radical (unpaired) electrons. The third-order valence-corrected chi connectivity index (χ3v) is 6.02. The number of ether oxygens (including phenoxy) is 2. The van der Waals surface area contributed by atoms with Gasteiger partial charge in [0, 0.05) is 11.6 Å². The lowest BCUT2D eigenvalue weighted by atomic mass is 10.1. The van der Waals surface area contributed by atoms with Crippen LogP contribution >= 0.6 is 11.6 Å². The van der Waals surface area contributed by atoms with Crippen LogP contribution in [-0.2, 0) is 10.0 Å². The number of hydrogen-bond donors (Lipinski definition) is 1. The Bertz CT molecular complexity index is 1110. The van der Waals surface area contributed by atoms with Gasteiger partial charge in [0.2, 0.25) is 5.88 Å². The number of sulfonamides is 1. The van der Waals surface area contributed by atoms with Crippen molar-refractivity contribution in [3.63, 3.8) is 0 Å². The smallest absolute Gasteiger partial charge is 0.261 e. The van der Waals surface area contributed by atoms with Crippen molar-refractivity contribution >= 4 is 27.3 Å². The molecule has 0 saturated heterocycles. The molecule has 1 N–H and O–H groups in total. The highest BCUT2D eigenvalue weighted by atomic mass is 35.5. The Kier molecular flexibility index (Phi) is 7.18. The van der Waals surface area contributed by atoms with Crippen molar-refractivity contribution in [2.75, 3.05) is 18.4 Å². The molecule has 0 spiro atoms. The molecule has 0 bridgehead atoms. The third-order valence-electron chi connectivity index (χ3n) is 4.34. The molecule has 2 aromatic carbocycles. The highest BCUT2D eigenvalue weighted by Gasteiger charge is 2.18. The van der Waals surface area contributed by atoms with E-state index in [-0.39, 0.29) is 4.90 Å². The number of pyridine rings is 1. The number of halogens is 1. The number of aromatic nitrogens is 1. The van der Waals surface area contributed by atoms with Crippen LogP contribution in [0.25, 0.3) is 11.3 Å². The minimum atomic E-state index is -3.79. The normalized spacial score (nSPS) is 11.2. The molecule has 0 atom stereocenters. The van der Waals surface area contributed by atoms with E-state index in [4.69, 9.17) is 21.1 Å². The molecule has 0 saturated carbocycles. The van der Waals surface area contributed by atoms with Crippen LogP contribution in [0, 0.1) is 0 Å². The zero-order valence-corrected chi connectivity index (χ0v) is 18.3. The average molecular weight is 447 g/mol. The van der Waals surface area contributed by atoms with Gasteiger partial charge in [-0.1, -0.05) is 43.1 Å². The Hall–Kier alpha value is -2.77. The first kappa shape index (κ1) is 21.9. The number of nitrogens with one attached hydrogen (secondary N) is 1. The molecular weight excluding hydrogens is 424 g/mol. The molecular formula is C22H23ClN2O4S. The van der Waals surface area contributed by atoms with Gasteiger partial charge in [-0.15, -0.1) is 0 Å². The summed E-state index contributed by atoms with van der Waals surface area (Å²) in [5.41, 5.74) is 1.36. The van der Waals surface area contributed by atoms with Gasteiger partial charge in [0.25, 0.3) is 10.0 Å². The fraction of sp³-hybridized carbons (Fsp3) is 0.227. The molecule has 1 aromatic heterocycles. The summed E-state index contributed by atoms with van der Waals surface area (Å²) in [5, 5.41) is 0.394. The van der Waals surface area contributed by atoms with Crippen molar-refractivity contribution in [3.05, 3.63) is 65.7 Å². The van der Waals surface area contributed by atoms with E-state index in [9.17, 15) is 8.42 Å². The average Bonchev–Trinajstić information content (AvgIpc) is 2.75. The zero-order valence-electron chi connectivity index (χ0n) is 16.8. The number of unbranched alkanes of at least 4 members (excludes halogenated alkanes) is 1. The minimum absolute atomic E-state index is 0.159. The molecule has 1 heterocycles. The number of anilines is 1. The quantitative estimate of drug-likeness (QED) is 0.446. The molecule has 30 heavy (non-hydrogen) atoms. The van der Waals surface area contributed by atoms with Crippen molar-refractivity contribution in [2.24, 2.45) is 0 Å². The number of benzene rings is 2. The van der Waals surface area contributed by atoms with E-state index in [1.165, 1.54) is 19.2 Å². The van der Waals surface area contributed by atoms with Gasteiger partial charge in [0.15, 0.2) is 0 Å². The van der Waals surface area contributed by atoms with Crippen molar-refractivity contribution in [2.45, 2.75) is 24.7 Å². The predicted molar refractivity (Wildman–Crippen MR) is 119 cm³/mol. The van der Waals surface area contributed by atoms with Crippen molar-refractivity contribution < 1.29 is 17.9 Å². The van der Waals surface area contributed by atoms with Gasteiger partial charge in [-0.2, -0.15) is 0 Å². The lowest BCUT2D eigenvalue weighted by molar-refractivity contribution is 0.298.